The SMILES string of the molecule is Nn1c(=O)c(C(=O)Nc2ccc(OCc3ccccc3)cc2S(N)(=O)=O)c(O)c2sccc21. The molecular weight excluding hydrogens is 468 g/mol. The first-order valence-corrected chi connectivity index (χ1v) is 11.8. The number of nitrogens with zero attached hydrogens (tertiary/aromatic N) is 1. The lowest BCUT2D eigenvalue weighted by Gasteiger charge is -2.13. The Morgan fingerprint density at radius 1 is 1.15 bits per heavy atom. The van der Waals surface area contributed by atoms with Gasteiger partial charge >= 0.3 is 0 Å². The molecule has 0 aliphatic rings. The molecule has 0 bridgehead atoms. The van der Waals surface area contributed by atoms with Gasteiger partial charge in [-0.05, 0) is 29.1 Å². The zero-order valence-electron chi connectivity index (χ0n) is 16.9. The van der Waals surface area contributed by atoms with Gasteiger partial charge in [-0.3, -0.25) is 9.59 Å². The summed E-state index contributed by atoms with van der Waals surface area (Å²) in [6.45, 7) is 0.182. The molecule has 0 fully saturated rings. The Labute approximate surface area is 191 Å². The molecule has 6 N–H and O–H groups in total. The number of anilines is 1. The fourth-order valence-electron chi connectivity index (χ4n) is 3.18. The largest absolute Gasteiger partial charge is 0.505 e. The molecule has 0 spiro atoms. The van der Waals surface area contributed by atoms with Crippen molar-refractivity contribution in [3.63, 3.8) is 0 Å². The number of amides is 1. The molecule has 4 rings (SSSR count). The number of carbonyl (C=O) groups excluding carboxylic acids is 1. The normalized spacial score (nSPS) is 11.4. The quantitative estimate of drug-likeness (QED) is 0.302. The highest BCUT2D eigenvalue weighted by atomic mass is 32.2. The number of ether oxygens (including phenoxy) is 1. The van der Waals surface area contributed by atoms with Gasteiger partial charge in [-0.15, -0.1) is 11.3 Å². The van der Waals surface area contributed by atoms with Crippen LogP contribution in [0.25, 0.3) is 10.2 Å². The number of fused-ring (bicyclic) bond motifs is 1. The number of pyridine rings is 1. The molecule has 0 saturated carbocycles. The van der Waals surface area contributed by atoms with Crippen LogP contribution in [0.4, 0.5) is 5.69 Å². The second-order valence-corrected chi connectivity index (χ2v) is 9.41. The molecule has 1 amide bonds. The van der Waals surface area contributed by atoms with E-state index in [2.05, 4.69) is 5.32 Å². The molecule has 0 aliphatic heterocycles. The van der Waals surface area contributed by atoms with Gasteiger partial charge in [0.25, 0.3) is 11.5 Å². The van der Waals surface area contributed by atoms with Crippen molar-refractivity contribution in [1.82, 2.24) is 4.68 Å². The van der Waals surface area contributed by atoms with E-state index < -0.39 is 37.7 Å². The van der Waals surface area contributed by atoms with Crippen LogP contribution in [0.2, 0.25) is 0 Å². The number of aromatic hydroxyl groups is 1. The van der Waals surface area contributed by atoms with E-state index in [4.69, 9.17) is 15.7 Å². The molecule has 33 heavy (non-hydrogen) atoms. The molecule has 2 aromatic carbocycles. The van der Waals surface area contributed by atoms with Gasteiger partial charge in [0.15, 0.2) is 5.75 Å². The topological polar surface area (TPSA) is 167 Å². The average Bonchev–Trinajstić information content (AvgIpc) is 3.27. The van der Waals surface area contributed by atoms with Crippen molar-refractivity contribution in [2.24, 2.45) is 5.14 Å². The van der Waals surface area contributed by atoms with Crippen LogP contribution in [-0.2, 0) is 16.6 Å². The van der Waals surface area contributed by atoms with E-state index in [-0.39, 0.29) is 28.3 Å². The number of carbonyl (C=O) groups is 1. The van der Waals surface area contributed by atoms with E-state index >= 15 is 0 Å². The van der Waals surface area contributed by atoms with E-state index in [0.29, 0.717) is 0 Å². The molecule has 0 aliphatic carbocycles. The molecule has 2 heterocycles. The molecule has 0 saturated heterocycles. The zero-order valence-corrected chi connectivity index (χ0v) is 18.5. The van der Waals surface area contributed by atoms with Crippen LogP contribution in [0.1, 0.15) is 15.9 Å². The number of rotatable bonds is 6. The third-order valence-corrected chi connectivity index (χ3v) is 6.63. The van der Waals surface area contributed by atoms with Gasteiger partial charge in [0.05, 0.1) is 15.9 Å². The monoisotopic (exact) mass is 486 g/mol. The van der Waals surface area contributed by atoms with Crippen molar-refractivity contribution in [2.75, 3.05) is 11.2 Å². The Bertz CT molecular complexity index is 1530. The second kappa shape index (κ2) is 8.58. The molecule has 12 heteroatoms. The van der Waals surface area contributed by atoms with Crippen molar-refractivity contribution in [3.8, 4) is 11.5 Å². The van der Waals surface area contributed by atoms with Gasteiger partial charge in [0.1, 0.15) is 22.8 Å². The molecule has 10 nitrogen and oxygen atoms in total. The summed E-state index contributed by atoms with van der Waals surface area (Å²) in [5, 5.41) is 19.7. The number of benzene rings is 2. The van der Waals surface area contributed by atoms with Gasteiger partial charge in [-0.1, -0.05) is 30.3 Å². The number of hydrogen-bond acceptors (Lipinski definition) is 8. The van der Waals surface area contributed by atoms with Gasteiger partial charge < -0.3 is 21.0 Å². The minimum absolute atomic E-state index is 0.182. The van der Waals surface area contributed by atoms with Crippen LogP contribution < -0.4 is 26.6 Å². The number of sulfonamides is 1. The number of nitrogens with one attached hydrogen (secondary N) is 1. The first-order chi connectivity index (χ1) is 15.7. The highest BCUT2D eigenvalue weighted by Crippen LogP contribution is 2.32. The number of thiophene rings is 1. The Hall–Kier alpha value is -3.87. The van der Waals surface area contributed by atoms with Crippen molar-refractivity contribution < 1.29 is 23.1 Å². The van der Waals surface area contributed by atoms with E-state index in [9.17, 15) is 23.1 Å². The minimum Gasteiger partial charge on any atom is -0.505 e. The second-order valence-electron chi connectivity index (χ2n) is 6.97. The Morgan fingerprint density at radius 3 is 2.58 bits per heavy atom. The number of nitrogen functional groups attached to an aromatic ring is 1. The average molecular weight is 487 g/mol. The predicted molar refractivity (Wildman–Crippen MR) is 124 cm³/mol. The maximum atomic E-state index is 12.8. The Kier molecular flexibility index (Phi) is 5.80. The Balaban J connectivity index is 1.67. The fraction of sp³-hybridized carbons (Fsp3) is 0.0476. The lowest BCUT2D eigenvalue weighted by Crippen LogP contribution is -2.33. The van der Waals surface area contributed by atoms with Crippen molar-refractivity contribution in [3.05, 3.63) is 81.5 Å². The highest BCUT2D eigenvalue weighted by Gasteiger charge is 2.25. The van der Waals surface area contributed by atoms with E-state index in [1.54, 1.807) is 5.38 Å². The van der Waals surface area contributed by atoms with Crippen molar-refractivity contribution in [1.29, 1.82) is 0 Å². The zero-order chi connectivity index (χ0) is 23.8. The van der Waals surface area contributed by atoms with Crippen LogP contribution in [0, 0.1) is 0 Å². The summed E-state index contributed by atoms with van der Waals surface area (Å²) in [4.78, 5) is 25.0. The van der Waals surface area contributed by atoms with E-state index in [0.717, 1.165) is 27.6 Å². The minimum atomic E-state index is -4.28. The van der Waals surface area contributed by atoms with Gasteiger partial charge in [-0.25, -0.2) is 18.2 Å². The lowest BCUT2D eigenvalue weighted by atomic mass is 10.2. The molecule has 170 valence electrons. The van der Waals surface area contributed by atoms with Crippen LogP contribution in [0.3, 0.4) is 0 Å². The first-order valence-electron chi connectivity index (χ1n) is 9.42. The molecule has 2 aromatic heterocycles. The molecule has 0 atom stereocenters. The van der Waals surface area contributed by atoms with Crippen LogP contribution >= 0.6 is 11.3 Å². The maximum absolute atomic E-state index is 12.8. The fourth-order valence-corrected chi connectivity index (χ4v) is 4.72. The summed E-state index contributed by atoms with van der Waals surface area (Å²) in [5.74, 6) is 4.35. The van der Waals surface area contributed by atoms with Crippen LogP contribution in [0.5, 0.6) is 11.5 Å². The number of primary sulfonamides is 1. The summed E-state index contributed by atoms with van der Waals surface area (Å²) in [5.41, 5.74) is -0.648. The van der Waals surface area contributed by atoms with E-state index in [1.165, 1.54) is 18.2 Å². The molecule has 0 radical (unpaired) electrons. The van der Waals surface area contributed by atoms with Gasteiger partial charge in [-0.2, -0.15) is 0 Å². The first kappa shape index (κ1) is 22.3. The van der Waals surface area contributed by atoms with E-state index in [1.807, 2.05) is 30.3 Å². The number of hydrogen-bond donors (Lipinski definition) is 4. The third-order valence-electron chi connectivity index (χ3n) is 4.77. The number of aromatic nitrogens is 1. The lowest BCUT2D eigenvalue weighted by molar-refractivity contribution is 0.102. The predicted octanol–water partition coefficient (Wildman–Crippen LogP) is 1.96. The summed E-state index contributed by atoms with van der Waals surface area (Å²) in [7, 11) is -4.28. The van der Waals surface area contributed by atoms with Crippen LogP contribution in [-0.4, -0.2) is 24.1 Å². The Morgan fingerprint density at radius 2 is 1.88 bits per heavy atom. The summed E-state index contributed by atoms with van der Waals surface area (Å²) >= 11 is 1.09. The molecule has 4 aromatic rings. The number of nitrogens with two attached hydrogens (primary N) is 2. The molecular formula is C21H18N4O6S2. The maximum Gasteiger partial charge on any atom is 0.285 e. The van der Waals surface area contributed by atoms with Gasteiger partial charge in [0, 0.05) is 6.07 Å². The summed E-state index contributed by atoms with van der Waals surface area (Å²) < 4.78 is 30.9. The highest BCUT2D eigenvalue weighted by molar-refractivity contribution is 7.89. The van der Waals surface area contributed by atoms with Crippen molar-refractivity contribution in [2.45, 2.75) is 11.5 Å². The van der Waals surface area contributed by atoms with Crippen molar-refractivity contribution >= 4 is 43.2 Å². The van der Waals surface area contributed by atoms with Crippen LogP contribution in [0.15, 0.2) is 69.7 Å². The summed E-state index contributed by atoms with van der Waals surface area (Å²) in [6.07, 6.45) is 0. The van der Waals surface area contributed by atoms with Gasteiger partial charge in [0.2, 0.25) is 10.0 Å². The smallest absolute Gasteiger partial charge is 0.285 e. The standard InChI is InChI=1S/C21H18N4O6S2/c22-25-15-8-9-32-19(15)18(26)17(21(25)28)20(27)24-14-7-6-13(10-16(14)33(23,29)30)31-11-12-4-2-1-3-5-12/h1-10,26H,11,22H2,(H,24,27)(H2,23,29,30). The third kappa shape index (κ3) is 4.39. The molecule has 0 unspecified atom stereocenters. The summed E-state index contributed by atoms with van der Waals surface area (Å²) in [6, 6.07) is 14.6.